The second-order valence-electron chi connectivity index (χ2n) is 3.18. The lowest BCUT2D eigenvalue weighted by atomic mass is 10.1. The third-order valence-electron chi connectivity index (χ3n) is 1.95. The zero-order valence-electron chi connectivity index (χ0n) is 7.67. The highest BCUT2D eigenvalue weighted by molar-refractivity contribution is 5.09. The summed E-state index contributed by atoms with van der Waals surface area (Å²) in [5, 5.41) is 3.22. The molecule has 0 aromatic carbocycles. The van der Waals surface area contributed by atoms with Gasteiger partial charge in [0.1, 0.15) is 0 Å². The van der Waals surface area contributed by atoms with Gasteiger partial charge in [-0.15, -0.1) is 0 Å². The molecule has 1 rings (SSSR count). The van der Waals surface area contributed by atoms with Gasteiger partial charge in [-0.05, 0) is 32.5 Å². The average molecular weight is 167 g/mol. The second kappa shape index (κ2) is 4.28. The van der Waals surface area contributed by atoms with Crippen LogP contribution in [0.2, 0.25) is 0 Å². The normalized spacial score (nSPS) is 15.9. The van der Waals surface area contributed by atoms with Crippen molar-refractivity contribution in [3.05, 3.63) is 24.0 Å². The van der Waals surface area contributed by atoms with Crippen LogP contribution in [0.4, 0.5) is 0 Å². The number of H-pyrrole nitrogens is 1. The fraction of sp³-hybridized carbons (Fsp3) is 0.556. The number of rotatable bonds is 4. The maximum atomic E-state index is 5.72. The smallest absolute Gasteiger partial charge is 0.0485 e. The van der Waals surface area contributed by atoms with Crippen molar-refractivity contribution in [2.24, 2.45) is 5.73 Å². The van der Waals surface area contributed by atoms with E-state index in [4.69, 9.17) is 5.73 Å². The molecule has 0 bridgehead atoms. The summed E-state index contributed by atoms with van der Waals surface area (Å²) in [7, 11) is 1.95. The van der Waals surface area contributed by atoms with Crippen molar-refractivity contribution < 1.29 is 0 Å². The van der Waals surface area contributed by atoms with Gasteiger partial charge in [0.15, 0.2) is 0 Å². The van der Waals surface area contributed by atoms with E-state index in [1.165, 1.54) is 5.69 Å². The molecule has 3 nitrogen and oxygen atoms in total. The molecule has 1 heterocycles. The summed E-state index contributed by atoms with van der Waals surface area (Å²) in [5.41, 5.74) is 6.92. The molecule has 0 aliphatic rings. The Labute approximate surface area is 73.4 Å². The van der Waals surface area contributed by atoms with Crippen LogP contribution in [0.15, 0.2) is 18.3 Å². The van der Waals surface area contributed by atoms with Crippen LogP contribution >= 0.6 is 0 Å². The first-order valence-corrected chi connectivity index (χ1v) is 4.30. The molecule has 3 heteroatoms. The van der Waals surface area contributed by atoms with Crippen molar-refractivity contribution in [2.45, 2.75) is 25.4 Å². The standard InChI is InChI=1S/C9H17N3/c1-7(10)6-9(11-2)8-4-3-5-12-8/h3-5,7,9,11-12H,6,10H2,1-2H3. The minimum Gasteiger partial charge on any atom is -0.364 e. The molecule has 0 fully saturated rings. The van der Waals surface area contributed by atoms with Gasteiger partial charge in [-0.3, -0.25) is 0 Å². The van der Waals surface area contributed by atoms with Crippen LogP contribution in [-0.2, 0) is 0 Å². The van der Waals surface area contributed by atoms with Crippen molar-refractivity contribution >= 4 is 0 Å². The van der Waals surface area contributed by atoms with Gasteiger partial charge >= 0.3 is 0 Å². The molecule has 0 amide bonds. The van der Waals surface area contributed by atoms with Gasteiger partial charge in [0, 0.05) is 24.0 Å². The van der Waals surface area contributed by atoms with Crippen LogP contribution in [0.1, 0.15) is 25.1 Å². The quantitative estimate of drug-likeness (QED) is 0.627. The van der Waals surface area contributed by atoms with E-state index in [0.717, 1.165) is 6.42 Å². The summed E-state index contributed by atoms with van der Waals surface area (Å²) >= 11 is 0. The SMILES string of the molecule is CNC(CC(C)N)c1ccc[nH]1. The maximum absolute atomic E-state index is 5.72. The molecule has 68 valence electrons. The molecule has 12 heavy (non-hydrogen) atoms. The number of hydrogen-bond donors (Lipinski definition) is 3. The van der Waals surface area contributed by atoms with Crippen LogP contribution in [0.3, 0.4) is 0 Å². The van der Waals surface area contributed by atoms with Gasteiger partial charge in [0.2, 0.25) is 0 Å². The summed E-state index contributed by atoms with van der Waals surface area (Å²) in [6, 6.07) is 4.65. The van der Waals surface area contributed by atoms with Gasteiger partial charge in [0.05, 0.1) is 0 Å². The Morgan fingerprint density at radius 3 is 2.83 bits per heavy atom. The van der Waals surface area contributed by atoms with E-state index in [1.807, 2.05) is 26.2 Å². The fourth-order valence-electron chi connectivity index (χ4n) is 1.33. The molecule has 2 atom stereocenters. The van der Waals surface area contributed by atoms with Crippen molar-refractivity contribution in [3.8, 4) is 0 Å². The molecular formula is C9H17N3. The van der Waals surface area contributed by atoms with Crippen molar-refractivity contribution in [3.63, 3.8) is 0 Å². The Balaban J connectivity index is 2.57. The van der Waals surface area contributed by atoms with Gasteiger partial charge in [-0.25, -0.2) is 0 Å². The highest BCUT2D eigenvalue weighted by Crippen LogP contribution is 2.14. The first-order chi connectivity index (χ1) is 5.74. The molecule has 0 saturated heterocycles. The van der Waals surface area contributed by atoms with Gasteiger partial charge in [-0.1, -0.05) is 0 Å². The molecule has 0 aliphatic carbocycles. The Kier molecular flexibility index (Phi) is 3.31. The molecular weight excluding hydrogens is 150 g/mol. The lowest BCUT2D eigenvalue weighted by Crippen LogP contribution is -2.25. The number of nitrogens with one attached hydrogen (secondary N) is 2. The van der Waals surface area contributed by atoms with Crippen LogP contribution in [0.5, 0.6) is 0 Å². The number of aromatic amines is 1. The lowest BCUT2D eigenvalue weighted by Gasteiger charge is -2.16. The minimum atomic E-state index is 0.228. The first-order valence-electron chi connectivity index (χ1n) is 4.30. The average Bonchev–Trinajstić information content (AvgIpc) is 2.51. The summed E-state index contributed by atoms with van der Waals surface area (Å²) in [5.74, 6) is 0. The van der Waals surface area contributed by atoms with E-state index in [0.29, 0.717) is 6.04 Å². The Bertz CT molecular complexity index is 204. The third kappa shape index (κ3) is 2.36. The summed E-state index contributed by atoms with van der Waals surface area (Å²) < 4.78 is 0. The number of nitrogens with two attached hydrogens (primary N) is 1. The van der Waals surface area contributed by atoms with Crippen molar-refractivity contribution in [1.29, 1.82) is 0 Å². The predicted octanol–water partition coefficient (Wildman–Crippen LogP) is 1.01. The second-order valence-corrected chi connectivity index (χ2v) is 3.18. The molecule has 1 aromatic heterocycles. The molecule has 0 spiro atoms. The predicted molar refractivity (Wildman–Crippen MR) is 50.9 cm³/mol. The topological polar surface area (TPSA) is 53.8 Å². The van der Waals surface area contributed by atoms with Crippen LogP contribution in [-0.4, -0.2) is 18.1 Å². The fourth-order valence-corrected chi connectivity index (χ4v) is 1.33. The molecule has 4 N–H and O–H groups in total. The van der Waals surface area contributed by atoms with E-state index in [2.05, 4.69) is 16.4 Å². The monoisotopic (exact) mass is 167 g/mol. The molecule has 0 saturated carbocycles. The zero-order chi connectivity index (χ0) is 8.97. The van der Waals surface area contributed by atoms with E-state index < -0.39 is 0 Å². The van der Waals surface area contributed by atoms with Gasteiger partial charge in [-0.2, -0.15) is 0 Å². The van der Waals surface area contributed by atoms with Crippen LogP contribution in [0.25, 0.3) is 0 Å². The highest BCUT2D eigenvalue weighted by atomic mass is 14.9. The minimum absolute atomic E-state index is 0.228. The highest BCUT2D eigenvalue weighted by Gasteiger charge is 2.10. The molecule has 0 radical (unpaired) electrons. The van der Waals surface area contributed by atoms with Crippen molar-refractivity contribution in [1.82, 2.24) is 10.3 Å². The summed E-state index contributed by atoms with van der Waals surface area (Å²) in [6.45, 7) is 2.02. The Hall–Kier alpha value is -0.800. The van der Waals surface area contributed by atoms with E-state index in [1.54, 1.807) is 0 Å². The molecule has 0 aliphatic heterocycles. The van der Waals surface area contributed by atoms with Crippen molar-refractivity contribution in [2.75, 3.05) is 7.05 Å². The third-order valence-corrected chi connectivity index (χ3v) is 1.95. The molecule has 2 unspecified atom stereocenters. The summed E-state index contributed by atoms with van der Waals surface area (Å²) in [6.07, 6.45) is 2.89. The number of hydrogen-bond acceptors (Lipinski definition) is 2. The number of aromatic nitrogens is 1. The van der Waals surface area contributed by atoms with Crippen LogP contribution in [0, 0.1) is 0 Å². The van der Waals surface area contributed by atoms with E-state index in [9.17, 15) is 0 Å². The Morgan fingerprint density at radius 1 is 1.67 bits per heavy atom. The van der Waals surface area contributed by atoms with Crippen LogP contribution < -0.4 is 11.1 Å². The largest absolute Gasteiger partial charge is 0.364 e. The lowest BCUT2D eigenvalue weighted by molar-refractivity contribution is 0.491. The van der Waals surface area contributed by atoms with Gasteiger partial charge < -0.3 is 16.0 Å². The maximum Gasteiger partial charge on any atom is 0.0485 e. The van der Waals surface area contributed by atoms with E-state index in [-0.39, 0.29) is 6.04 Å². The zero-order valence-corrected chi connectivity index (χ0v) is 7.67. The first kappa shape index (κ1) is 9.29. The van der Waals surface area contributed by atoms with Gasteiger partial charge in [0.25, 0.3) is 0 Å². The summed E-state index contributed by atoms with van der Waals surface area (Å²) in [4.78, 5) is 3.18. The Morgan fingerprint density at radius 2 is 2.42 bits per heavy atom. The molecule has 1 aromatic rings. The van der Waals surface area contributed by atoms with E-state index >= 15 is 0 Å².